The van der Waals surface area contributed by atoms with Crippen molar-refractivity contribution >= 4 is 88.7 Å². The quantitative estimate of drug-likeness (QED) is 0.159. The Hall–Kier alpha value is -6.36. The fourth-order valence-corrected chi connectivity index (χ4v) is 16.9. The van der Waals surface area contributed by atoms with Gasteiger partial charge in [0, 0.05) is 64.7 Å². The molecule has 0 spiro atoms. The number of rotatable bonds is 2. The molecule has 0 N–H and O–H groups in total. The van der Waals surface area contributed by atoms with Crippen LogP contribution in [0.4, 0.5) is 34.1 Å². The number of anilines is 6. The predicted molar refractivity (Wildman–Crippen MR) is 333 cm³/mol. The molecule has 3 heterocycles. The van der Waals surface area contributed by atoms with E-state index in [2.05, 4.69) is 260 Å². The molecule has 9 aromatic rings. The number of hydrogen-bond acceptors (Lipinski definition) is 3. The molecule has 386 valence electrons. The van der Waals surface area contributed by atoms with Gasteiger partial charge in [-0.05, 0) is 168 Å². The zero-order valence-electron chi connectivity index (χ0n) is 48.6. The van der Waals surface area contributed by atoms with Gasteiger partial charge in [0.1, 0.15) is 0 Å². The molecule has 2 nitrogen and oxygen atoms in total. The molecule has 2 aliphatic heterocycles. The average molecular weight is 1020 g/mol. The molecule has 0 fully saturated rings. The lowest BCUT2D eigenvalue weighted by molar-refractivity contribution is 0.332. The second-order valence-electron chi connectivity index (χ2n) is 28.5. The monoisotopic (exact) mass is 1020 g/mol. The third kappa shape index (κ3) is 6.55. The summed E-state index contributed by atoms with van der Waals surface area (Å²) in [6, 6.07) is 55.9. The number of hydrogen-bond donors (Lipinski definition) is 0. The summed E-state index contributed by atoms with van der Waals surface area (Å²) in [5.41, 5.74) is 27.0. The van der Waals surface area contributed by atoms with Crippen LogP contribution in [0.5, 0.6) is 0 Å². The smallest absolute Gasteiger partial charge is 0.264 e. The van der Waals surface area contributed by atoms with Crippen LogP contribution in [0, 0.1) is 6.92 Å². The predicted octanol–water partition coefficient (Wildman–Crippen LogP) is 18.0. The Morgan fingerprint density at radius 3 is 1.62 bits per heavy atom. The van der Waals surface area contributed by atoms with Gasteiger partial charge in [-0.1, -0.05) is 195 Å². The molecule has 4 heteroatoms. The van der Waals surface area contributed by atoms with Gasteiger partial charge in [-0.25, -0.2) is 0 Å². The van der Waals surface area contributed by atoms with Crippen LogP contribution in [0.15, 0.2) is 140 Å². The van der Waals surface area contributed by atoms with Crippen molar-refractivity contribution in [2.75, 3.05) is 9.80 Å². The third-order valence-corrected chi connectivity index (χ3v) is 21.6. The lowest BCUT2D eigenvalue weighted by atomic mass is 9.35. The molecule has 0 saturated carbocycles. The summed E-state index contributed by atoms with van der Waals surface area (Å²) in [5.74, 6) is 0. The van der Waals surface area contributed by atoms with Crippen LogP contribution in [-0.4, -0.2) is 6.71 Å². The van der Waals surface area contributed by atoms with E-state index in [-0.39, 0.29) is 44.6 Å². The van der Waals surface area contributed by atoms with Gasteiger partial charge in [0.15, 0.2) is 0 Å². The summed E-state index contributed by atoms with van der Waals surface area (Å²) >= 11 is 2.03. The van der Waals surface area contributed by atoms with Crippen molar-refractivity contribution in [1.29, 1.82) is 0 Å². The molecule has 3 aliphatic carbocycles. The molecular weight excluding hydrogens is 948 g/mol. The minimum atomic E-state index is -0.297. The van der Waals surface area contributed by atoms with Gasteiger partial charge in [-0.2, -0.15) is 0 Å². The van der Waals surface area contributed by atoms with Gasteiger partial charge in [0.2, 0.25) is 0 Å². The molecule has 0 saturated heterocycles. The van der Waals surface area contributed by atoms with Crippen LogP contribution in [-0.2, 0) is 37.9 Å². The van der Waals surface area contributed by atoms with Gasteiger partial charge in [0.25, 0.3) is 6.71 Å². The van der Waals surface area contributed by atoms with Crippen LogP contribution in [0.25, 0.3) is 20.9 Å². The lowest BCUT2D eigenvalue weighted by Crippen LogP contribution is -2.61. The largest absolute Gasteiger partial charge is 0.311 e. The van der Waals surface area contributed by atoms with Crippen LogP contribution in [0.1, 0.15) is 183 Å². The van der Waals surface area contributed by atoms with Crippen molar-refractivity contribution < 1.29 is 0 Å². The van der Waals surface area contributed by atoms with Gasteiger partial charge >= 0.3 is 0 Å². The van der Waals surface area contributed by atoms with E-state index in [4.69, 9.17) is 0 Å². The standard InChI is InChI=1S/C73H75BN2S/c1-42-34-61-64-62(35-42)76(59-27-21-23-43-22-17-18-24-46(43)59)60-41-57-56(72(13,14)54-38-52-53(39-55(54)73(57,15)16)71(11,12)50-26-20-19-25-49(50)70(52,9)10)40-58(60)74(64)66-65(47-36-44(67(2,3)4)28-31-63(47)77-66)75(61)45-29-30-48-51(37-45)69(7,8)33-32-68(48,5)6/h17-31,34-41H,32-33H2,1-16H3. The van der Waals surface area contributed by atoms with Crippen LogP contribution in [0.3, 0.4) is 0 Å². The first-order valence-corrected chi connectivity index (χ1v) is 29.5. The van der Waals surface area contributed by atoms with E-state index < -0.39 is 0 Å². The highest BCUT2D eigenvalue weighted by Crippen LogP contribution is 2.58. The number of thiophene rings is 1. The Balaban J connectivity index is 1.09. The third-order valence-electron chi connectivity index (χ3n) is 20.4. The summed E-state index contributed by atoms with van der Waals surface area (Å²) < 4.78 is 2.78. The van der Waals surface area contributed by atoms with Crippen molar-refractivity contribution in [3.63, 3.8) is 0 Å². The maximum absolute atomic E-state index is 2.72. The van der Waals surface area contributed by atoms with Crippen molar-refractivity contribution in [3.8, 4) is 0 Å². The van der Waals surface area contributed by atoms with Gasteiger partial charge in [0.05, 0.1) is 11.4 Å². The Morgan fingerprint density at radius 2 is 0.987 bits per heavy atom. The zero-order chi connectivity index (χ0) is 54.1. The summed E-state index contributed by atoms with van der Waals surface area (Å²) in [6.45, 7) is 39.2. The van der Waals surface area contributed by atoms with E-state index in [1.165, 1.54) is 150 Å². The molecule has 0 amide bonds. The Bertz CT molecular complexity index is 4070. The summed E-state index contributed by atoms with van der Waals surface area (Å²) in [6.07, 6.45) is 2.36. The highest BCUT2D eigenvalue weighted by Gasteiger charge is 2.51. The number of benzene rings is 8. The molecule has 0 atom stereocenters. The normalized spacial score (nSPS) is 19.1. The SMILES string of the molecule is Cc1cc2c3c(c1)N(c1ccc4c(c1)C(C)(C)CCC4(C)C)c1c(sc4ccc(C(C)(C)C)cc14)B3c1cc3c(cc1N2c1cccc2ccccc12)C(C)(C)c1cc2c(cc1C3(C)C)C(C)(C)c1ccccc1C2(C)C. The summed E-state index contributed by atoms with van der Waals surface area (Å²) in [5, 5.41) is 3.87. The zero-order valence-corrected chi connectivity index (χ0v) is 49.4. The fourth-order valence-electron chi connectivity index (χ4n) is 15.6. The number of fused-ring (bicyclic) bond motifs is 12. The van der Waals surface area contributed by atoms with Crippen molar-refractivity contribution in [2.24, 2.45) is 0 Å². The van der Waals surface area contributed by atoms with Gasteiger partial charge in [-0.3, -0.25) is 0 Å². The molecule has 0 radical (unpaired) electrons. The van der Waals surface area contributed by atoms with E-state index in [1.807, 2.05) is 11.3 Å². The molecule has 5 aliphatic rings. The van der Waals surface area contributed by atoms with E-state index in [0.717, 1.165) is 0 Å². The van der Waals surface area contributed by atoms with E-state index in [0.29, 0.717) is 0 Å². The van der Waals surface area contributed by atoms with Crippen molar-refractivity contribution in [2.45, 2.75) is 162 Å². The minimum Gasteiger partial charge on any atom is -0.311 e. The minimum absolute atomic E-state index is 0.00180. The lowest BCUT2D eigenvalue weighted by Gasteiger charge is -2.50. The first-order chi connectivity index (χ1) is 36.2. The second kappa shape index (κ2) is 15.5. The van der Waals surface area contributed by atoms with Crippen molar-refractivity contribution in [1.82, 2.24) is 0 Å². The molecule has 1 aromatic heterocycles. The highest BCUT2D eigenvalue weighted by atomic mass is 32.1. The van der Waals surface area contributed by atoms with E-state index in [1.54, 1.807) is 0 Å². The van der Waals surface area contributed by atoms with Crippen LogP contribution >= 0.6 is 11.3 Å². The highest BCUT2D eigenvalue weighted by molar-refractivity contribution is 7.33. The van der Waals surface area contributed by atoms with E-state index >= 15 is 0 Å². The average Bonchev–Trinajstić information content (AvgIpc) is 3.99. The first kappa shape index (κ1) is 49.0. The summed E-state index contributed by atoms with van der Waals surface area (Å²) in [7, 11) is 0. The van der Waals surface area contributed by atoms with E-state index in [9.17, 15) is 0 Å². The van der Waals surface area contributed by atoms with Crippen LogP contribution in [0.2, 0.25) is 0 Å². The van der Waals surface area contributed by atoms with Crippen LogP contribution < -0.4 is 25.5 Å². The second-order valence-corrected chi connectivity index (χ2v) is 29.6. The molecule has 0 unspecified atom stereocenters. The number of aryl methyl sites for hydroxylation is 1. The summed E-state index contributed by atoms with van der Waals surface area (Å²) in [4.78, 5) is 5.42. The molecule has 8 aromatic carbocycles. The maximum atomic E-state index is 2.72. The molecular formula is C73H75BN2S. The Labute approximate surface area is 463 Å². The molecule has 77 heavy (non-hydrogen) atoms. The topological polar surface area (TPSA) is 6.48 Å². The Kier molecular flexibility index (Phi) is 9.84. The van der Waals surface area contributed by atoms with Gasteiger partial charge in [-0.15, -0.1) is 11.3 Å². The Morgan fingerprint density at radius 1 is 0.442 bits per heavy atom. The number of nitrogens with zero attached hydrogens (tertiary/aromatic N) is 2. The fraction of sp³-hybridized carbons (Fsp3) is 0.342. The maximum Gasteiger partial charge on any atom is 0.264 e. The molecule has 14 rings (SSSR count). The van der Waals surface area contributed by atoms with Crippen molar-refractivity contribution in [3.05, 3.63) is 206 Å². The first-order valence-electron chi connectivity index (χ1n) is 28.7. The van der Waals surface area contributed by atoms with Gasteiger partial charge < -0.3 is 9.80 Å². The molecule has 0 bridgehead atoms.